The van der Waals surface area contributed by atoms with Crippen molar-refractivity contribution in [3.63, 3.8) is 0 Å². The summed E-state index contributed by atoms with van der Waals surface area (Å²) in [5, 5.41) is 9.13. The lowest BCUT2D eigenvalue weighted by molar-refractivity contribution is 0.275. The summed E-state index contributed by atoms with van der Waals surface area (Å²) in [5.74, 6) is 0.363. The van der Waals surface area contributed by atoms with Crippen LogP contribution in [0.5, 0.6) is 5.75 Å². The zero-order valence-corrected chi connectivity index (χ0v) is 12.8. The third-order valence-corrected chi connectivity index (χ3v) is 2.76. The predicted molar refractivity (Wildman–Crippen MR) is 79.4 cm³/mol. The summed E-state index contributed by atoms with van der Waals surface area (Å²) in [4.78, 5) is 21.6. The molecule has 4 N–H and O–H groups in total. The van der Waals surface area contributed by atoms with Gasteiger partial charge in [0.05, 0.1) is 0 Å². The van der Waals surface area contributed by atoms with Gasteiger partial charge in [-0.05, 0) is 30.5 Å². The third-order valence-electron chi connectivity index (χ3n) is 2.76. The van der Waals surface area contributed by atoms with Gasteiger partial charge >= 0.3 is 7.82 Å². The molecule has 0 saturated carbocycles. The van der Waals surface area contributed by atoms with Crippen LogP contribution in [0.4, 0.5) is 0 Å². The molecule has 5 nitrogen and oxygen atoms in total. The van der Waals surface area contributed by atoms with Gasteiger partial charge in [0.1, 0.15) is 5.75 Å². The molecule has 0 bridgehead atoms. The number of phenols is 1. The number of unbranched alkanes of at least 4 members (excludes halogenated alkanes) is 5. The maximum absolute atomic E-state index is 9.13. The fourth-order valence-corrected chi connectivity index (χ4v) is 1.77. The summed E-state index contributed by atoms with van der Waals surface area (Å²) >= 11 is 0. The first kappa shape index (κ1) is 19.1. The molecule has 0 unspecified atom stereocenters. The molecular formula is C14H25O5P. The summed E-state index contributed by atoms with van der Waals surface area (Å²) in [6, 6.07) is 7.57. The smallest absolute Gasteiger partial charge is 0.466 e. The highest BCUT2D eigenvalue weighted by Crippen LogP contribution is 2.25. The Hall–Kier alpha value is -0.870. The van der Waals surface area contributed by atoms with E-state index in [0.29, 0.717) is 5.75 Å². The van der Waals surface area contributed by atoms with Gasteiger partial charge in [-0.1, -0.05) is 51.2 Å². The molecule has 1 aromatic rings. The Morgan fingerprint density at radius 3 is 1.85 bits per heavy atom. The number of aromatic hydroxyl groups is 1. The molecule has 0 radical (unpaired) electrons. The Balaban J connectivity index is 0.000000621. The van der Waals surface area contributed by atoms with Gasteiger partial charge in [-0.2, -0.15) is 0 Å². The van der Waals surface area contributed by atoms with Gasteiger partial charge in [-0.25, -0.2) is 4.57 Å². The molecule has 1 aromatic carbocycles. The zero-order valence-electron chi connectivity index (χ0n) is 11.9. The lowest BCUT2D eigenvalue weighted by atomic mass is 10.1. The van der Waals surface area contributed by atoms with Gasteiger partial charge in [0, 0.05) is 0 Å². The summed E-state index contributed by atoms with van der Waals surface area (Å²) in [6.07, 6.45) is 9.19. The normalized spacial score (nSPS) is 10.8. The van der Waals surface area contributed by atoms with Crippen molar-refractivity contribution in [2.24, 2.45) is 0 Å². The van der Waals surface area contributed by atoms with E-state index in [9.17, 15) is 0 Å². The van der Waals surface area contributed by atoms with E-state index in [0.717, 1.165) is 6.42 Å². The standard InChI is InChI=1S/C14H22O.H3O4P/c1-2-3-4-5-6-7-8-13-9-11-14(15)12-10-13;1-5(2,3)4/h9-12,15H,2-8H2,1H3;(H3,1,2,3,4). The Morgan fingerprint density at radius 2 is 1.35 bits per heavy atom. The second-order valence-corrected chi connectivity index (χ2v) is 5.72. The van der Waals surface area contributed by atoms with Crippen molar-refractivity contribution in [2.45, 2.75) is 51.9 Å². The van der Waals surface area contributed by atoms with E-state index in [1.54, 1.807) is 12.1 Å². The summed E-state index contributed by atoms with van der Waals surface area (Å²) in [7, 11) is -4.64. The van der Waals surface area contributed by atoms with Gasteiger partial charge < -0.3 is 19.8 Å². The van der Waals surface area contributed by atoms with Crippen LogP contribution in [0, 0.1) is 0 Å². The van der Waals surface area contributed by atoms with Crippen molar-refractivity contribution in [3.05, 3.63) is 29.8 Å². The Kier molecular flexibility index (Phi) is 10.4. The van der Waals surface area contributed by atoms with Crippen molar-refractivity contribution in [2.75, 3.05) is 0 Å². The molecular weight excluding hydrogens is 279 g/mol. The lowest BCUT2D eigenvalue weighted by Crippen LogP contribution is -1.85. The fraction of sp³-hybridized carbons (Fsp3) is 0.571. The highest BCUT2D eigenvalue weighted by molar-refractivity contribution is 7.45. The maximum Gasteiger partial charge on any atom is 0.466 e. The zero-order chi connectivity index (χ0) is 15.4. The van der Waals surface area contributed by atoms with Gasteiger partial charge in [-0.3, -0.25) is 0 Å². The first-order chi connectivity index (χ1) is 9.33. The van der Waals surface area contributed by atoms with Gasteiger partial charge in [0.25, 0.3) is 0 Å². The van der Waals surface area contributed by atoms with E-state index in [1.165, 1.54) is 44.1 Å². The van der Waals surface area contributed by atoms with Crippen LogP contribution in [0.25, 0.3) is 0 Å². The van der Waals surface area contributed by atoms with Gasteiger partial charge in [0.15, 0.2) is 0 Å². The first-order valence-corrected chi connectivity index (χ1v) is 8.45. The van der Waals surface area contributed by atoms with Crippen LogP contribution in [-0.4, -0.2) is 19.8 Å². The monoisotopic (exact) mass is 304 g/mol. The molecule has 1 rings (SSSR count). The number of phenolic OH excluding ortho intramolecular Hbond substituents is 1. The molecule has 0 atom stereocenters. The molecule has 0 fully saturated rings. The minimum Gasteiger partial charge on any atom is -0.508 e. The first-order valence-electron chi connectivity index (χ1n) is 6.89. The van der Waals surface area contributed by atoms with Crippen molar-refractivity contribution in [1.82, 2.24) is 0 Å². The highest BCUT2D eigenvalue weighted by Gasteiger charge is 2.00. The average Bonchev–Trinajstić information content (AvgIpc) is 2.34. The minimum atomic E-state index is -4.64. The molecule has 20 heavy (non-hydrogen) atoms. The molecule has 0 aromatic heterocycles. The third kappa shape index (κ3) is 15.2. The molecule has 0 heterocycles. The van der Waals surface area contributed by atoms with E-state index in [2.05, 4.69) is 6.92 Å². The molecule has 0 aliphatic carbocycles. The van der Waals surface area contributed by atoms with Crippen LogP contribution in [0.2, 0.25) is 0 Å². The molecule has 6 heteroatoms. The summed E-state index contributed by atoms with van der Waals surface area (Å²) < 4.78 is 8.88. The van der Waals surface area contributed by atoms with E-state index in [4.69, 9.17) is 24.4 Å². The molecule has 0 amide bonds. The van der Waals surface area contributed by atoms with Crippen LogP contribution in [0.15, 0.2) is 24.3 Å². The molecule has 0 aliphatic rings. The minimum absolute atomic E-state index is 0.363. The van der Waals surface area contributed by atoms with Gasteiger partial charge in [-0.15, -0.1) is 0 Å². The second-order valence-electron chi connectivity index (χ2n) is 4.70. The van der Waals surface area contributed by atoms with Crippen LogP contribution >= 0.6 is 7.82 Å². The topological polar surface area (TPSA) is 98.0 Å². The fourth-order valence-electron chi connectivity index (χ4n) is 1.77. The second kappa shape index (κ2) is 10.9. The number of hydrogen-bond donors (Lipinski definition) is 4. The Labute approximate surface area is 120 Å². The number of benzene rings is 1. The van der Waals surface area contributed by atoms with E-state index in [-0.39, 0.29) is 0 Å². The Morgan fingerprint density at radius 1 is 0.900 bits per heavy atom. The Bertz CT molecular complexity index is 377. The van der Waals surface area contributed by atoms with Crippen molar-refractivity contribution >= 4 is 7.82 Å². The van der Waals surface area contributed by atoms with Crippen molar-refractivity contribution < 1.29 is 24.4 Å². The van der Waals surface area contributed by atoms with E-state index in [1.807, 2.05) is 12.1 Å². The van der Waals surface area contributed by atoms with E-state index >= 15 is 0 Å². The highest BCUT2D eigenvalue weighted by atomic mass is 31.2. The lowest BCUT2D eigenvalue weighted by Gasteiger charge is -2.02. The van der Waals surface area contributed by atoms with Gasteiger partial charge in [0.2, 0.25) is 0 Å². The van der Waals surface area contributed by atoms with Crippen molar-refractivity contribution in [3.8, 4) is 5.75 Å². The quantitative estimate of drug-likeness (QED) is 0.457. The maximum atomic E-state index is 9.13. The predicted octanol–water partition coefficient (Wildman–Crippen LogP) is 3.37. The SMILES string of the molecule is CCCCCCCCc1ccc(O)cc1.O=P(O)(O)O. The number of rotatable bonds is 7. The molecule has 0 aliphatic heterocycles. The number of phosphoric acid groups is 1. The average molecular weight is 304 g/mol. The van der Waals surface area contributed by atoms with Crippen molar-refractivity contribution in [1.29, 1.82) is 0 Å². The molecule has 0 saturated heterocycles. The summed E-state index contributed by atoms with van der Waals surface area (Å²) in [5.41, 5.74) is 1.34. The number of hydrogen-bond acceptors (Lipinski definition) is 2. The van der Waals surface area contributed by atoms with Crippen LogP contribution in [0.3, 0.4) is 0 Å². The molecule has 116 valence electrons. The van der Waals surface area contributed by atoms with Crippen LogP contribution in [-0.2, 0) is 11.0 Å². The number of aryl methyl sites for hydroxylation is 1. The summed E-state index contributed by atoms with van der Waals surface area (Å²) in [6.45, 7) is 2.25. The largest absolute Gasteiger partial charge is 0.508 e. The van der Waals surface area contributed by atoms with E-state index < -0.39 is 7.82 Å². The molecule has 0 spiro atoms. The van der Waals surface area contributed by atoms with Crippen LogP contribution < -0.4 is 0 Å². The van der Waals surface area contributed by atoms with Crippen LogP contribution in [0.1, 0.15) is 51.0 Å².